The van der Waals surface area contributed by atoms with Gasteiger partial charge >= 0.3 is 0 Å². The van der Waals surface area contributed by atoms with Crippen molar-refractivity contribution in [3.63, 3.8) is 0 Å². The van der Waals surface area contributed by atoms with Gasteiger partial charge in [0.15, 0.2) is 0 Å². The Bertz CT molecular complexity index is 176. The van der Waals surface area contributed by atoms with E-state index in [0.717, 1.165) is 11.5 Å². The van der Waals surface area contributed by atoms with Crippen LogP contribution in [0, 0.1) is 5.41 Å². The lowest BCUT2D eigenvalue weighted by Crippen LogP contribution is -2.53. The summed E-state index contributed by atoms with van der Waals surface area (Å²) in [5, 5.41) is 0. The van der Waals surface area contributed by atoms with E-state index in [1.165, 1.54) is 58.0 Å². The summed E-state index contributed by atoms with van der Waals surface area (Å²) in [5.41, 5.74) is 0.845. The SMILES string of the molecule is CCCC[C@H](CCC)N1CC2(CC2)C1. The van der Waals surface area contributed by atoms with Crippen molar-refractivity contribution < 1.29 is 0 Å². The minimum atomic E-state index is 0.845. The summed E-state index contributed by atoms with van der Waals surface area (Å²) < 4.78 is 0. The van der Waals surface area contributed by atoms with Crippen molar-refractivity contribution in [1.29, 1.82) is 0 Å². The number of likely N-dealkylation sites (tertiary alicyclic amines) is 1. The molecule has 0 amide bonds. The van der Waals surface area contributed by atoms with Crippen LogP contribution < -0.4 is 0 Å². The second kappa shape index (κ2) is 4.22. The van der Waals surface area contributed by atoms with Crippen molar-refractivity contribution in [2.24, 2.45) is 5.41 Å². The fourth-order valence-corrected chi connectivity index (χ4v) is 2.85. The third kappa shape index (κ3) is 2.13. The molecule has 1 atom stereocenters. The summed E-state index contributed by atoms with van der Waals surface area (Å²) in [6.45, 7) is 7.50. The monoisotopic (exact) mass is 195 g/mol. The Balaban J connectivity index is 1.72. The first-order valence-electron chi connectivity index (χ1n) is 6.54. The molecule has 82 valence electrons. The van der Waals surface area contributed by atoms with Crippen molar-refractivity contribution in [2.75, 3.05) is 13.1 Å². The molecule has 2 aliphatic rings. The van der Waals surface area contributed by atoms with Crippen LogP contribution in [0.2, 0.25) is 0 Å². The predicted octanol–water partition coefficient (Wildman–Crippen LogP) is 3.44. The molecule has 1 aliphatic carbocycles. The third-order valence-corrected chi connectivity index (χ3v) is 4.06. The van der Waals surface area contributed by atoms with Crippen LogP contribution >= 0.6 is 0 Å². The van der Waals surface area contributed by atoms with Gasteiger partial charge in [-0.2, -0.15) is 0 Å². The highest BCUT2D eigenvalue weighted by Crippen LogP contribution is 2.53. The zero-order chi connectivity index (χ0) is 10.0. The first-order valence-corrected chi connectivity index (χ1v) is 6.54. The molecule has 2 rings (SSSR count). The molecule has 0 bridgehead atoms. The number of rotatable bonds is 6. The van der Waals surface area contributed by atoms with E-state index in [0.29, 0.717) is 0 Å². The van der Waals surface area contributed by atoms with Gasteiger partial charge in [0, 0.05) is 19.1 Å². The standard InChI is InChI=1S/C13H25N/c1-3-5-7-12(6-4-2)14-10-13(11-14)8-9-13/h12H,3-11H2,1-2H3/t12-/m0/s1. The van der Waals surface area contributed by atoms with Crippen LogP contribution in [-0.2, 0) is 0 Å². The molecule has 1 nitrogen and oxygen atoms in total. The van der Waals surface area contributed by atoms with E-state index in [1.54, 1.807) is 0 Å². The Hall–Kier alpha value is -0.0400. The van der Waals surface area contributed by atoms with E-state index in [9.17, 15) is 0 Å². The summed E-state index contributed by atoms with van der Waals surface area (Å²) in [4.78, 5) is 2.76. The summed E-state index contributed by atoms with van der Waals surface area (Å²) >= 11 is 0. The van der Waals surface area contributed by atoms with Crippen LogP contribution in [0.15, 0.2) is 0 Å². The van der Waals surface area contributed by atoms with Gasteiger partial charge in [0.2, 0.25) is 0 Å². The molecule has 14 heavy (non-hydrogen) atoms. The molecule has 0 radical (unpaired) electrons. The topological polar surface area (TPSA) is 3.24 Å². The Morgan fingerprint density at radius 2 is 1.79 bits per heavy atom. The molecule has 0 aromatic carbocycles. The van der Waals surface area contributed by atoms with E-state index >= 15 is 0 Å². The maximum Gasteiger partial charge on any atom is 0.00956 e. The molecule has 0 unspecified atom stereocenters. The second-order valence-electron chi connectivity index (χ2n) is 5.49. The molecule has 1 aliphatic heterocycles. The van der Waals surface area contributed by atoms with E-state index in [4.69, 9.17) is 0 Å². The fourth-order valence-electron chi connectivity index (χ4n) is 2.85. The molecule has 0 aromatic rings. The van der Waals surface area contributed by atoms with Gasteiger partial charge in [-0.25, -0.2) is 0 Å². The summed E-state index contributed by atoms with van der Waals surface area (Å²) in [6.07, 6.45) is 10.1. The smallest absolute Gasteiger partial charge is 0.00956 e. The first kappa shape index (κ1) is 10.5. The largest absolute Gasteiger partial charge is 0.299 e. The average Bonchev–Trinajstić information content (AvgIpc) is 2.89. The summed E-state index contributed by atoms with van der Waals surface area (Å²) in [5.74, 6) is 0. The highest BCUT2D eigenvalue weighted by atomic mass is 15.2. The highest BCUT2D eigenvalue weighted by molar-refractivity contribution is 5.06. The van der Waals surface area contributed by atoms with Crippen molar-refractivity contribution in [2.45, 2.75) is 64.8 Å². The van der Waals surface area contributed by atoms with Crippen LogP contribution in [-0.4, -0.2) is 24.0 Å². The van der Waals surface area contributed by atoms with Crippen LogP contribution in [0.4, 0.5) is 0 Å². The van der Waals surface area contributed by atoms with E-state index in [-0.39, 0.29) is 0 Å². The van der Waals surface area contributed by atoms with Crippen LogP contribution in [0.5, 0.6) is 0 Å². The molecule has 0 aromatic heterocycles. The molecule has 1 spiro atoms. The van der Waals surface area contributed by atoms with Crippen LogP contribution in [0.25, 0.3) is 0 Å². The second-order valence-corrected chi connectivity index (χ2v) is 5.49. The lowest BCUT2D eigenvalue weighted by Gasteiger charge is -2.45. The molecule has 1 saturated carbocycles. The number of hydrogen-bond donors (Lipinski definition) is 0. The van der Waals surface area contributed by atoms with Gasteiger partial charge in [0.05, 0.1) is 0 Å². The maximum atomic E-state index is 2.76. The summed E-state index contributed by atoms with van der Waals surface area (Å²) in [6, 6.07) is 0.922. The molecule has 1 heteroatoms. The molecular formula is C13H25N. The quantitative estimate of drug-likeness (QED) is 0.627. The van der Waals surface area contributed by atoms with Crippen LogP contribution in [0.1, 0.15) is 58.8 Å². The van der Waals surface area contributed by atoms with Gasteiger partial charge in [0.1, 0.15) is 0 Å². The minimum Gasteiger partial charge on any atom is -0.299 e. The molecule has 1 saturated heterocycles. The molecule has 2 fully saturated rings. The first-order chi connectivity index (χ1) is 6.79. The van der Waals surface area contributed by atoms with Crippen molar-refractivity contribution >= 4 is 0 Å². The number of hydrogen-bond acceptors (Lipinski definition) is 1. The lowest BCUT2D eigenvalue weighted by molar-refractivity contribution is 0.0276. The zero-order valence-corrected chi connectivity index (χ0v) is 9.89. The van der Waals surface area contributed by atoms with Gasteiger partial charge in [-0.3, -0.25) is 4.90 Å². The van der Waals surface area contributed by atoms with Crippen molar-refractivity contribution in [3.8, 4) is 0 Å². The van der Waals surface area contributed by atoms with Gasteiger partial charge in [-0.1, -0.05) is 33.1 Å². The lowest BCUT2D eigenvalue weighted by atomic mass is 9.91. The van der Waals surface area contributed by atoms with Gasteiger partial charge in [-0.15, -0.1) is 0 Å². The average molecular weight is 195 g/mol. The molecular weight excluding hydrogens is 170 g/mol. The van der Waals surface area contributed by atoms with E-state index < -0.39 is 0 Å². The maximum absolute atomic E-state index is 2.76. The van der Waals surface area contributed by atoms with Crippen molar-refractivity contribution in [3.05, 3.63) is 0 Å². The number of nitrogens with zero attached hydrogens (tertiary/aromatic N) is 1. The Morgan fingerprint density at radius 1 is 1.07 bits per heavy atom. The Morgan fingerprint density at radius 3 is 2.29 bits per heavy atom. The van der Waals surface area contributed by atoms with Crippen molar-refractivity contribution in [1.82, 2.24) is 4.90 Å². The molecule has 0 N–H and O–H groups in total. The fraction of sp³-hybridized carbons (Fsp3) is 1.00. The Kier molecular flexibility index (Phi) is 3.16. The summed E-state index contributed by atoms with van der Waals surface area (Å²) in [7, 11) is 0. The van der Waals surface area contributed by atoms with E-state index in [2.05, 4.69) is 18.7 Å². The normalized spacial score (nSPS) is 26.1. The Labute approximate surface area is 88.9 Å². The zero-order valence-electron chi connectivity index (χ0n) is 9.89. The van der Waals surface area contributed by atoms with Gasteiger partial charge in [0.25, 0.3) is 0 Å². The van der Waals surface area contributed by atoms with Gasteiger partial charge in [-0.05, 0) is 31.1 Å². The highest BCUT2D eigenvalue weighted by Gasteiger charge is 2.53. The predicted molar refractivity (Wildman–Crippen MR) is 61.5 cm³/mol. The molecule has 1 heterocycles. The third-order valence-electron chi connectivity index (χ3n) is 4.06. The number of unbranched alkanes of at least 4 members (excludes halogenated alkanes) is 1. The minimum absolute atomic E-state index is 0.845. The van der Waals surface area contributed by atoms with Gasteiger partial charge < -0.3 is 0 Å². The van der Waals surface area contributed by atoms with Crippen LogP contribution in [0.3, 0.4) is 0 Å². The van der Waals surface area contributed by atoms with E-state index in [1.807, 2.05) is 0 Å².